The molecule has 2 atom stereocenters. The minimum absolute atomic E-state index is 0.0150. The van der Waals surface area contributed by atoms with Gasteiger partial charge in [-0.2, -0.15) is 0 Å². The Balaban J connectivity index is 2.23. The topological polar surface area (TPSA) is 43.1 Å². The van der Waals surface area contributed by atoms with Gasteiger partial charge in [-0.1, -0.05) is 30.2 Å². The predicted molar refractivity (Wildman–Crippen MR) is 65.8 cm³/mol. The smallest absolute Gasteiger partial charge is 0.167 e. The Bertz CT molecular complexity index is 416. The van der Waals surface area contributed by atoms with E-state index in [1.807, 2.05) is 19.1 Å². The number of rotatable bonds is 2. The van der Waals surface area contributed by atoms with Crippen molar-refractivity contribution in [2.75, 3.05) is 0 Å². The molecule has 0 aliphatic heterocycles. The Morgan fingerprint density at radius 3 is 2.75 bits per heavy atom. The Hall–Kier alpha value is -0.860. The molecule has 1 aliphatic rings. The van der Waals surface area contributed by atoms with E-state index in [0.717, 1.165) is 24.8 Å². The second kappa shape index (κ2) is 4.56. The van der Waals surface area contributed by atoms with Crippen molar-refractivity contribution >= 4 is 17.4 Å². The fourth-order valence-electron chi connectivity index (χ4n) is 2.27. The molecular formula is C13H16ClNO. The van der Waals surface area contributed by atoms with E-state index in [4.69, 9.17) is 17.3 Å². The first-order valence-corrected chi connectivity index (χ1v) is 6.03. The number of Topliss-reactive ketones (excluding diaryl/α,β-unsaturated/α-hetero) is 1. The molecule has 2 nitrogen and oxygen atoms in total. The number of benzene rings is 1. The van der Waals surface area contributed by atoms with Crippen molar-refractivity contribution in [1.29, 1.82) is 0 Å². The molecule has 2 rings (SSSR count). The molecule has 0 aromatic heterocycles. The molecule has 0 bridgehead atoms. The second-order valence-electron chi connectivity index (χ2n) is 4.53. The third kappa shape index (κ3) is 2.13. The Kier molecular flexibility index (Phi) is 3.31. The zero-order valence-corrected chi connectivity index (χ0v) is 10.1. The highest BCUT2D eigenvalue weighted by Gasteiger charge is 2.30. The molecule has 1 saturated carbocycles. The third-order valence-electron chi connectivity index (χ3n) is 3.36. The highest BCUT2D eigenvalue weighted by Crippen LogP contribution is 2.28. The molecule has 0 saturated heterocycles. The van der Waals surface area contributed by atoms with Gasteiger partial charge in [-0.3, -0.25) is 4.79 Å². The number of halogens is 1. The summed E-state index contributed by atoms with van der Waals surface area (Å²) in [6.45, 7) is 1.93. The summed E-state index contributed by atoms with van der Waals surface area (Å²) < 4.78 is 0. The lowest BCUT2D eigenvalue weighted by Gasteiger charge is -2.14. The van der Waals surface area contributed by atoms with Crippen molar-refractivity contribution in [3.63, 3.8) is 0 Å². The van der Waals surface area contributed by atoms with E-state index in [-0.39, 0.29) is 17.7 Å². The van der Waals surface area contributed by atoms with Gasteiger partial charge in [0.25, 0.3) is 0 Å². The van der Waals surface area contributed by atoms with Crippen molar-refractivity contribution in [3.05, 3.63) is 34.3 Å². The predicted octanol–water partition coefficient (Wildman–Crippen LogP) is 2.96. The van der Waals surface area contributed by atoms with Crippen molar-refractivity contribution in [2.45, 2.75) is 32.2 Å². The number of hydrogen-bond donors (Lipinski definition) is 1. The molecule has 1 aromatic rings. The highest BCUT2D eigenvalue weighted by atomic mass is 35.5. The monoisotopic (exact) mass is 237 g/mol. The normalized spacial score (nSPS) is 24.7. The van der Waals surface area contributed by atoms with Gasteiger partial charge in [0.2, 0.25) is 0 Å². The van der Waals surface area contributed by atoms with Crippen LogP contribution in [0.2, 0.25) is 5.02 Å². The lowest BCUT2D eigenvalue weighted by molar-refractivity contribution is 0.0913. The van der Waals surface area contributed by atoms with Crippen molar-refractivity contribution in [2.24, 2.45) is 11.7 Å². The number of carbonyl (C=O) groups excluding carboxylic acids is 1. The van der Waals surface area contributed by atoms with Crippen molar-refractivity contribution in [3.8, 4) is 0 Å². The second-order valence-corrected chi connectivity index (χ2v) is 4.94. The van der Waals surface area contributed by atoms with Crippen LogP contribution in [0.5, 0.6) is 0 Å². The van der Waals surface area contributed by atoms with Gasteiger partial charge in [-0.25, -0.2) is 0 Å². The summed E-state index contributed by atoms with van der Waals surface area (Å²) in [7, 11) is 0. The van der Waals surface area contributed by atoms with E-state index in [1.54, 1.807) is 6.07 Å². The van der Waals surface area contributed by atoms with Crippen LogP contribution in [0.15, 0.2) is 18.2 Å². The molecule has 2 unspecified atom stereocenters. The van der Waals surface area contributed by atoms with Crippen LogP contribution in [-0.2, 0) is 0 Å². The SMILES string of the molecule is Cc1ccc(C(=O)C2CCCC2N)cc1Cl. The van der Waals surface area contributed by atoms with Gasteiger partial charge in [0.05, 0.1) is 0 Å². The fraction of sp³-hybridized carbons (Fsp3) is 0.462. The summed E-state index contributed by atoms with van der Waals surface area (Å²) >= 11 is 6.02. The van der Waals surface area contributed by atoms with E-state index in [2.05, 4.69) is 0 Å². The lowest BCUT2D eigenvalue weighted by atomic mass is 9.93. The minimum Gasteiger partial charge on any atom is -0.327 e. The molecule has 0 radical (unpaired) electrons. The fourth-order valence-corrected chi connectivity index (χ4v) is 2.45. The molecule has 86 valence electrons. The quantitative estimate of drug-likeness (QED) is 0.804. The van der Waals surface area contributed by atoms with E-state index in [9.17, 15) is 4.79 Å². The van der Waals surface area contributed by atoms with E-state index >= 15 is 0 Å². The Labute approximate surface area is 101 Å². The number of aryl methyl sites for hydroxylation is 1. The van der Waals surface area contributed by atoms with E-state index in [1.165, 1.54) is 0 Å². The summed E-state index contributed by atoms with van der Waals surface area (Å²) in [6, 6.07) is 5.50. The Morgan fingerprint density at radius 1 is 1.44 bits per heavy atom. The zero-order valence-electron chi connectivity index (χ0n) is 9.37. The molecule has 0 heterocycles. The first kappa shape index (κ1) is 11.6. The summed E-state index contributed by atoms with van der Waals surface area (Å²) in [5.41, 5.74) is 7.62. The maximum Gasteiger partial charge on any atom is 0.167 e. The van der Waals surface area contributed by atoms with Gasteiger partial charge in [0.15, 0.2) is 5.78 Å². The molecule has 0 spiro atoms. The van der Waals surface area contributed by atoms with Gasteiger partial charge < -0.3 is 5.73 Å². The van der Waals surface area contributed by atoms with Crippen LogP contribution in [-0.4, -0.2) is 11.8 Å². The molecule has 3 heteroatoms. The maximum absolute atomic E-state index is 12.2. The third-order valence-corrected chi connectivity index (χ3v) is 3.77. The van der Waals surface area contributed by atoms with Crippen LogP contribution in [0, 0.1) is 12.8 Å². The average Bonchev–Trinajstić information content (AvgIpc) is 2.67. The molecule has 0 amide bonds. The number of carbonyl (C=O) groups is 1. The summed E-state index contributed by atoms with van der Waals surface area (Å²) in [6.07, 6.45) is 2.92. The van der Waals surface area contributed by atoms with Crippen LogP contribution in [0.25, 0.3) is 0 Å². The van der Waals surface area contributed by atoms with Gasteiger partial charge in [0, 0.05) is 22.5 Å². The molecule has 1 fully saturated rings. The average molecular weight is 238 g/mol. The van der Waals surface area contributed by atoms with Crippen LogP contribution in [0.1, 0.15) is 35.2 Å². The van der Waals surface area contributed by atoms with Crippen LogP contribution in [0.4, 0.5) is 0 Å². The lowest BCUT2D eigenvalue weighted by Crippen LogP contribution is -2.30. The molecule has 1 aliphatic carbocycles. The van der Waals surface area contributed by atoms with E-state index < -0.39 is 0 Å². The van der Waals surface area contributed by atoms with Gasteiger partial charge >= 0.3 is 0 Å². The maximum atomic E-state index is 12.2. The molecule has 1 aromatic carbocycles. The van der Waals surface area contributed by atoms with Crippen molar-refractivity contribution < 1.29 is 4.79 Å². The van der Waals surface area contributed by atoms with Gasteiger partial charge in [-0.05, 0) is 31.4 Å². The van der Waals surface area contributed by atoms with E-state index in [0.29, 0.717) is 10.6 Å². The number of nitrogens with two attached hydrogens (primary N) is 1. The standard InChI is InChI=1S/C13H16ClNO/c1-8-5-6-9(7-11(8)14)13(16)10-3-2-4-12(10)15/h5-7,10,12H,2-4,15H2,1H3. The highest BCUT2D eigenvalue weighted by molar-refractivity contribution is 6.31. The molecule has 2 N–H and O–H groups in total. The zero-order chi connectivity index (χ0) is 11.7. The van der Waals surface area contributed by atoms with Gasteiger partial charge in [0.1, 0.15) is 0 Å². The first-order chi connectivity index (χ1) is 7.59. The van der Waals surface area contributed by atoms with Crippen LogP contribution >= 0.6 is 11.6 Å². The van der Waals surface area contributed by atoms with Crippen LogP contribution in [0.3, 0.4) is 0 Å². The largest absolute Gasteiger partial charge is 0.327 e. The Morgan fingerprint density at radius 2 is 2.19 bits per heavy atom. The summed E-state index contributed by atoms with van der Waals surface area (Å²) in [5, 5.41) is 0.650. The number of ketones is 1. The molecular weight excluding hydrogens is 222 g/mol. The molecule has 16 heavy (non-hydrogen) atoms. The number of hydrogen-bond acceptors (Lipinski definition) is 2. The van der Waals surface area contributed by atoms with Crippen LogP contribution < -0.4 is 5.73 Å². The van der Waals surface area contributed by atoms with Gasteiger partial charge in [-0.15, -0.1) is 0 Å². The summed E-state index contributed by atoms with van der Waals surface area (Å²) in [5.74, 6) is 0.130. The minimum atomic E-state index is -0.0150. The van der Waals surface area contributed by atoms with Crippen molar-refractivity contribution in [1.82, 2.24) is 0 Å². The summed E-state index contributed by atoms with van der Waals surface area (Å²) in [4.78, 5) is 12.2. The first-order valence-electron chi connectivity index (χ1n) is 5.65.